The van der Waals surface area contributed by atoms with Crippen molar-refractivity contribution in [2.24, 2.45) is 5.73 Å². The lowest BCUT2D eigenvalue weighted by atomic mass is 9.85. The molecule has 0 aromatic heterocycles. The van der Waals surface area contributed by atoms with Crippen molar-refractivity contribution in [1.82, 2.24) is 0 Å². The van der Waals surface area contributed by atoms with Crippen LogP contribution in [0.2, 0.25) is 0 Å². The van der Waals surface area contributed by atoms with E-state index in [1.807, 2.05) is 0 Å². The van der Waals surface area contributed by atoms with Gasteiger partial charge >= 0.3 is 0 Å². The Balaban J connectivity index is 2.45. The first-order valence-electron chi connectivity index (χ1n) is 6.55. The number of nitrogens with two attached hydrogens (primary N) is 1. The van der Waals surface area contributed by atoms with Crippen LogP contribution in [0.15, 0.2) is 48.5 Å². The summed E-state index contributed by atoms with van der Waals surface area (Å²) in [6, 6.07) is 17.2. The van der Waals surface area contributed by atoms with Crippen LogP contribution in [0.5, 0.6) is 0 Å². The molecule has 1 nitrogen and oxygen atoms in total. The fourth-order valence-corrected chi connectivity index (χ4v) is 2.51. The van der Waals surface area contributed by atoms with Gasteiger partial charge in [-0.2, -0.15) is 0 Å². The quantitative estimate of drug-likeness (QED) is 0.863. The molecule has 0 radical (unpaired) electrons. The van der Waals surface area contributed by atoms with Crippen molar-refractivity contribution in [3.05, 3.63) is 70.8 Å². The van der Waals surface area contributed by atoms with E-state index in [1.54, 1.807) is 0 Å². The molecule has 18 heavy (non-hydrogen) atoms. The van der Waals surface area contributed by atoms with Crippen molar-refractivity contribution < 1.29 is 0 Å². The van der Waals surface area contributed by atoms with E-state index in [0.29, 0.717) is 12.5 Å². The summed E-state index contributed by atoms with van der Waals surface area (Å²) in [5.74, 6) is 0.413. The van der Waals surface area contributed by atoms with Crippen LogP contribution < -0.4 is 5.73 Å². The normalized spacial score (nSPS) is 12.4. The standard InChI is InChI=1S/C17H21N/c1-13-7-6-10-16(14(13)2)17(11-12-18)15-8-4-3-5-9-15/h3-10,17H,11-12,18H2,1-2H3. The molecule has 2 aromatic carbocycles. The van der Waals surface area contributed by atoms with Gasteiger partial charge in [0.15, 0.2) is 0 Å². The zero-order valence-corrected chi connectivity index (χ0v) is 11.2. The summed E-state index contributed by atoms with van der Waals surface area (Å²) in [6.07, 6.45) is 0.994. The van der Waals surface area contributed by atoms with Gasteiger partial charge in [-0.25, -0.2) is 0 Å². The molecular formula is C17H21N. The molecule has 0 fully saturated rings. The van der Waals surface area contributed by atoms with E-state index in [0.717, 1.165) is 6.42 Å². The van der Waals surface area contributed by atoms with Gasteiger partial charge in [-0.05, 0) is 49.1 Å². The fourth-order valence-electron chi connectivity index (χ4n) is 2.51. The average Bonchev–Trinajstić information content (AvgIpc) is 2.41. The minimum absolute atomic E-state index is 0.413. The summed E-state index contributed by atoms with van der Waals surface area (Å²) in [6.45, 7) is 5.09. The lowest BCUT2D eigenvalue weighted by molar-refractivity contribution is 0.721. The fraction of sp³-hybridized carbons (Fsp3) is 0.294. The average molecular weight is 239 g/mol. The van der Waals surface area contributed by atoms with Crippen molar-refractivity contribution in [2.45, 2.75) is 26.2 Å². The van der Waals surface area contributed by atoms with Crippen LogP contribution in [0, 0.1) is 13.8 Å². The summed E-state index contributed by atoms with van der Waals surface area (Å²) < 4.78 is 0. The molecule has 0 amide bonds. The largest absolute Gasteiger partial charge is 0.330 e. The molecular weight excluding hydrogens is 218 g/mol. The molecule has 0 aliphatic heterocycles. The Morgan fingerprint density at radius 1 is 0.944 bits per heavy atom. The molecule has 0 saturated heterocycles. The van der Waals surface area contributed by atoms with Crippen LogP contribution in [0.25, 0.3) is 0 Å². The molecule has 0 heterocycles. The highest BCUT2D eigenvalue weighted by Gasteiger charge is 2.15. The predicted octanol–water partition coefficient (Wildman–Crippen LogP) is 3.78. The Morgan fingerprint density at radius 3 is 2.33 bits per heavy atom. The maximum Gasteiger partial charge on any atom is 0.0104 e. The van der Waals surface area contributed by atoms with E-state index in [4.69, 9.17) is 5.73 Å². The topological polar surface area (TPSA) is 26.0 Å². The van der Waals surface area contributed by atoms with Crippen molar-refractivity contribution >= 4 is 0 Å². The molecule has 2 aromatic rings. The summed E-state index contributed by atoms with van der Waals surface area (Å²) in [5.41, 5.74) is 11.3. The molecule has 0 spiro atoms. The van der Waals surface area contributed by atoms with Crippen molar-refractivity contribution in [3.8, 4) is 0 Å². The summed E-state index contributed by atoms with van der Waals surface area (Å²) in [4.78, 5) is 0. The van der Waals surface area contributed by atoms with Crippen LogP contribution in [-0.2, 0) is 0 Å². The monoisotopic (exact) mass is 239 g/mol. The molecule has 1 heteroatoms. The van der Waals surface area contributed by atoms with Gasteiger partial charge in [0, 0.05) is 5.92 Å². The second-order valence-corrected chi connectivity index (χ2v) is 4.83. The second-order valence-electron chi connectivity index (χ2n) is 4.83. The Hall–Kier alpha value is -1.60. The lowest BCUT2D eigenvalue weighted by Gasteiger charge is -2.20. The first kappa shape index (κ1) is 12.8. The summed E-state index contributed by atoms with van der Waals surface area (Å²) in [7, 11) is 0. The van der Waals surface area contributed by atoms with Gasteiger partial charge in [-0.15, -0.1) is 0 Å². The van der Waals surface area contributed by atoms with Gasteiger partial charge in [-0.3, -0.25) is 0 Å². The second kappa shape index (κ2) is 5.83. The van der Waals surface area contributed by atoms with Crippen LogP contribution in [-0.4, -0.2) is 6.54 Å². The van der Waals surface area contributed by atoms with Gasteiger partial charge in [0.2, 0.25) is 0 Å². The molecule has 0 aliphatic rings. The number of hydrogen-bond donors (Lipinski definition) is 1. The maximum atomic E-state index is 5.79. The maximum absolute atomic E-state index is 5.79. The van der Waals surface area contributed by atoms with Crippen LogP contribution in [0.4, 0.5) is 0 Å². The van der Waals surface area contributed by atoms with E-state index in [1.165, 1.54) is 22.3 Å². The highest BCUT2D eigenvalue weighted by atomic mass is 14.5. The number of rotatable bonds is 4. The number of aryl methyl sites for hydroxylation is 1. The van der Waals surface area contributed by atoms with E-state index >= 15 is 0 Å². The molecule has 0 bridgehead atoms. The molecule has 94 valence electrons. The van der Waals surface area contributed by atoms with Crippen LogP contribution >= 0.6 is 0 Å². The van der Waals surface area contributed by atoms with E-state index in [9.17, 15) is 0 Å². The Kier molecular flexibility index (Phi) is 4.16. The van der Waals surface area contributed by atoms with Crippen molar-refractivity contribution in [3.63, 3.8) is 0 Å². The molecule has 2 N–H and O–H groups in total. The van der Waals surface area contributed by atoms with Gasteiger partial charge in [0.25, 0.3) is 0 Å². The molecule has 2 rings (SSSR count). The lowest BCUT2D eigenvalue weighted by Crippen LogP contribution is -2.10. The van der Waals surface area contributed by atoms with Crippen molar-refractivity contribution in [2.75, 3.05) is 6.54 Å². The van der Waals surface area contributed by atoms with Gasteiger partial charge in [0.1, 0.15) is 0 Å². The summed E-state index contributed by atoms with van der Waals surface area (Å²) >= 11 is 0. The molecule has 1 unspecified atom stereocenters. The highest BCUT2D eigenvalue weighted by molar-refractivity contribution is 5.41. The Bertz CT molecular complexity index is 502. The molecule has 0 aliphatic carbocycles. The first-order chi connectivity index (χ1) is 8.74. The Morgan fingerprint density at radius 2 is 1.67 bits per heavy atom. The zero-order valence-electron chi connectivity index (χ0n) is 11.2. The SMILES string of the molecule is Cc1cccc(C(CCN)c2ccccc2)c1C. The van der Waals surface area contributed by atoms with Crippen molar-refractivity contribution in [1.29, 1.82) is 0 Å². The third-order valence-corrected chi connectivity index (χ3v) is 3.68. The number of hydrogen-bond acceptors (Lipinski definition) is 1. The first-order valence-corrected chi connectivity index (χ1v) is 6.55. The summed E-state index contributed by atoms with van der Waals surface area (Å²) in [5, 5.41) is 0. The Labute approximate surface area is 110 Å². The molecule has 0 saturated carbocycles. The minimum atomic E-state index is 0.413. The smallest absolute Gasteiger partial charge is 0.0104 e. The third kappa shape index (κ3) is 2.62. The van der Waals surface area contributed by atoms with Gasteiger partial charge in [-0.1, -0.05) is 48.5 Å². The third-order valence-electron chi connectivity index (χ3n) is 3.68. The number of benzene rings is 2. The highest BCUT2D eigenvalue weighted by Crippen LogP contribution is 2.30. The van der Waals surface area contributed by atoms with Gasteiger partial charge < -0.3 is 5.73 Å². The van der Waals surface area contributed by atoms with Crippen LogP contribution in [0.3, 0.4) is 0 Å². The van der Waals surface area contributed by atoms with Gasteiger partial charge in [0.05, 0.1) is 0 Å². The van der Waals surface area contributed by atoms with Crippen LogP contribution in [0.1, 0.15) is 34.6 Å². The molecule has 1 atom stereocenters. The predicted molar refractivity (Wildman–Crippen MR) is 77.9 cm³/mol. The van der Waals surface area contributed by atoms with E-state index in [2.05, 4.69) is 62.4 Å². The van der Waals surface area contributed by atoms with E-state index < -0.39 is 0 Å². The zero-order chi connectivity index (χ0) is 13.0. The minimum Gasteiger partial charge on any atom is -0.330 e. The van der Waals surface area contributed by atoms with E-state index in [-0.39, 0.29) is 0 Å².